The van der Waals surface area contributed by atoms with Crippen molar-refractivity contribution in [1.29, 1.82) is 0 Å². The van der Waals surface area contributed by atoms with Gasteiger partial charge in [0.05, 0.1) is 27.8 Å². The third-order valence-electron chi connectivity index (χ3n) is 9.69. The molecule has 5 heterocycles. The Kier molecular flexibility index (Phi) is 6.50. The largest absolute Gasteiger partial charge is 0.229 e. The zero-order valence-corrected chi connectivity index (χ0v) is 26.3. The van der Waals surface area contributed by atoms with Crippen molar-refractivity contribution >= 4 is 11.3 Å². The predicted octanol–water partition coefficient (Wildman–Crippen LogP) is 8.32. The minimum absolute atomic E-state index is 0.758. The van der Waals surface area contributed by atoms with Crippen LogP contribution in [0.2, 0.25) is 0 Å². The van der Waals surface area contributed by atoms with Crippen LogP contribution in [0.4, 0.5) is 0 Å². The summed E-state index contributed by atoms with van der Waals surface area (Å²) in [5.74, 6) is 0. The van der Waals surface area contributed by atoms with Gasteiger partial charge in [-0.2, -0.15) is 13.7 Å². The quantitative estimate of drug-likeness (QED) is 0.167. The van der Waals surface area contributed by atoms with Crippen molar-refractivity contribution < 1.29 is 13.7 Å². The highest BCUT2D eigenvalue weighted by Gasteiger charge is 2.37. The first-order chi connectivity index (χ1) is 23.2. The zero-order chi connectivity index (χ0) is 31.3. The average molecular weight is 605 g/mol. The Labute approximate surface area is 275 Å². The first-order valence-electron chi connectivity index (χ1n) is 16.3. The van der Waals surface area contributed by atoms with Gasteiger partial charge >= 0.3 is 0 Å². The van der Waals surface area contributed by atoms with Crippen LogP contribution in [0.3, 0.4) is 0 Å². The van der Waals surface area contributed by atoms with E-state index in [4.69, 9.17) is 0 Å². The second kappa shape index (κ2) is 11.1. The van der Waals surface area contributed by atoms with E-state index in [-0.39, 0.29) is 0 Å². The molecule has 0 saturated heterocycles. The maximum absolute atomic E-state index is 2.48. The summed E-state index contributed by atoms with van der Waals surface area (Å²) in [5.41, 5.74) is 17.4. The van der Waals surface area contributed by atoms with Gasteiger partial charge in [-0.25, -0.2) is 0 Å². The molecule has 3 nitrogen and oxygen atoms in total. The fourth-order valence-electron chi connectivity index (χ4n) is 7.65. The lowest BCUT2D eigenvalue weighted by molar-refractivity contribution is -0.677. The molecule has 0 bridgehead atoms. The number of pyridine rings is 3. The first kappa shape index (κ1) is 27.4. The number of aryl methyl sites for hydroxylation is 1. The molecule has 47 heavy (non-hydrogen) atoms. The Morgan fingerprint density at radius 1 is 0.468 bits per heavy atom. The topological polar surface area (TPSA) is 11.6 Å². The fraction of sp³-hybridized carbons (Fsp3) is 0.0682. The second-order valence-corrected chi connectivity index (χ2v) is 12.5. The summed E-state index contributed by atoms with van der Waals surface area (Å²) >= 11 is 0. The zero-order valence-electron chi connectivity index (χ0n) is 26.3. The molecule has 3 aromatic heterocycles. The van der Waals surface area contributed by atoms with Crippen LogP contribution >= 0.6 is 0 Å². The van der Waals surface area contributed by atoms with Gasteiger partial charge in [0.25, 0.3) is 0 Å². The van der Waals surface area contributed by atoms with Gasteiger partial charge in [-0.05, 0) is 55.0 Å². The lowest BCUT2D eigenvalue weighted by Crippen LogP contribution is -2.44. The van der Waals surface area contributed by atoms with E-state index in [1.165, 1.54) is 78.4 Å². The van der Waals surface area contributed by atoms with E-state index in [0.29, 0.717) is 0 Å². The molecule has 9 rings (SSSR count). The molecule has 0 N–H and O–H groups in total. The third kappa shape index (κ3) is 4.54. The van der Waals surface area contributed by atoms with Gasteiger partial charge in [-0.1, -0.05) is 78.9 Å². The van der Waals surface area contributed by atoms with Crippen LogP contribution in [-0.4, -0.2) is 0 Å². The summed E-state index contributed by atoms with van der Waals surface area (Å²) in [4.78, 5) is 0. The lowest BCUT2D eigenvalue weighted by atomic mass is 9.87. The summed E-state index contributed by atoms with van der Waals surface area (Å²) < 4.78 is 7.32. The molecule has 0 atom stereocenters. The highest BCUT2D eigenvalue weighted by atomic mass is 15.0. The average Bonchev–Trinajstić information content (AvgIpc) is 3.13. The maximum atomic E-state index is 2.48. The molecule has 0 spiro atoms. The van der Waals surface area contributed by atoms with E-state index in [9.17, 15) is 0 Å². The molecule has 0 fully saturated rings. The normalized spacial score (nSPS) is 14.5. The molecule has 0 unspecified atom stereocenters. The number of hydrogen-bond acceptors (Lipinski definition) is 0. The lowest BCUT2D eigenvalue weighted by Gasteiger charge is -2.21. The Morgan fingerprint density at radius 2 is 1.11 bits per heavy atom. The van der Waals surface area contributed by atoms with Gasteiger partial charge in [0, 0.05) is 46.5 Å². The van der Waals surface area contributed by atoms with Crippen molar-refractivity contribution in [3.05, 3.63) is 186 Å². The molecule has 4 aromatic carbocycles. The van der Waals surface area contributed by atoms with Crippen LogP contribution in [0.15, 0.2) is 164 Å². The molecule has 0 aliphatic carbocycles. The Hall–Kier alpha value is -5.93. The van der Waals surface area contributed by atoms with Crippen molar-refractivity contribution in [3.63, 3.8) is 0 Å². The Bertz CT molecular complexity index is 2370. The van der Waals surface area contributed by atoms with Crippen LogP contribution in [0.5, 0.6) is 0 Å². The maximum Gasteiger partial charge on any atom is 0.229 e. The molecule has 0 saturated carbocycles. The molecule has 0 amide bonds. The second-order valence-electron chi connectivity index (χ2n) is 12.5. The highest BCUT2D eigenvalue weighted by molar-refractivity contribution is 5.95. The highest BCUT2D eigenvalue weighted by Crippen LogP contribution is 2.39. The molecule has 3 heteroatoms. The molecule has 0 radical (unpaired) electrons. The van der Waals surface area contributed by atoms with Gasteiger partial charge in [0.2, 0.25) is 22.8 Å². The Morgan fingerprint density at radius 3 is 1.94 bits per heavy atom. The summed E-state index contributed by atoms with van der Waals surface area (Å²) in [6.45, 7) is 3.79. The smallest absolute Gasteiger partial charge is 0.194 e. The standard InChI is InChI=1S/C44H34N3/c1-31-27-34(32-15-3-2-4-16-32)29-46-28-33-17-5-6-18-35(33)42-24-12-14-26-47(42)44(39-22-10-9-21-38(39)43(31)46)40-30-45-25-13-11-23-41(45)37-20-8-7-19-36(37)40/h2-27,29H,28,30H2,1H3/q+3/b44-40+. The number of allylic oxidation sites excluding steroid dienone is 1. The van der Waals surface area contributed by atoms with Crippen molar-refractivity contribution in [2.45, 2.75) is 20.0 Å². The minimum Gasteiger partial charge on any atom is -0.194 e. The van der Waals surface area contributed by atoms with Crippen LogP contribution < -0.4 is 13.7 Å². The molecule has 222 valence electrons. The summed E-state index contributed by atoms with van der Waals surface area (Å²) in [5, 5.41) is 0. The first-order valence-corrected chi connectivity index (χ1v) is 16.3. The Balaban J connectivity index is 1.43. The van der Waals surface area contributed by atoms with Crippen LogP contribution in [0.1, 0.15) is 22.3 Å². The van der Waals surface area contributed by atoms with Gasteiger partial charge in [-0.15, -0.1) is 0 Å². The number of aromatic nitrogens is 3. The molecular weight excluding hydrogens is 571 g/mol. The number of nitrogens with zero attached hydrogens (tertiary/aromatic N) is 3. The molecular formula is C44H34N3+3. The fourth-order valence-corrected chi connectivity index (χ4v) is 7.65. The van der Waals surface area contributed by atoms with E-state index in [0.717, 1.165) is 13.1 Å². The van der Waals surface area contributed by atoms with Crippen molar-refractivity contribution in [2.24, 2.45) is 0 Å². The van der Waals surface area contributed by atoms with Gasteiger partial charge in [0.1, 0.15) is 0 Å². The molecule has 2 aliphatic heterocycles. The van der Waals surface area contributed by atoms with Crippen molar-refractivity contribution in [1.82, 2.24) is 0 Å². The van der Waals surface area contributed by atoms with Crippen LogP contribution in [0.25, 0.3) is 56.2 Å². The van der Waals surface area contributed by atoms with E-state index in [2.05, 4.69) is 185 Å². The summed E-state index contributed by atoms with van der Waals surface area (Å²) in [6.07, 6.45) is 6.81. The van der Waals surface area contributed by atoms with Crippen LogP contribution in [0, 0.1) is 6.92 Å². The van der Waals surface area contributed by atoms with Crippen molar-refractivity contribution in [3.8, 4) is 44.9 Å². The van der Waals surface area contributed by atoms with E-state index < -0.39 is 0 Å². The molecule has 2 aliphatic rings. The number of rotatable bonds is 1. The summed E-state index contributed by atoms with van der Waals surface area (Å²) in [7, 11) is 0. The minimum atomic E-state index is 0.758. The predicted molar refractivity (Wildman–Crippen MR) is 188 cm³/mol. The van der Waals surface area contributed by atoms with Gasteiger partial charge in [0.15, 0.2) is 31.7 Å². The van der Waals surface area contributed by atoms with Crippen LogP contribution in [-0.2, 0) is 13.1 Å². The summed E-state index contributed by atoms with van der Waals surface area (Å²) in [6, 6.07) is 53.0. The third-order valence-corrected chi connectivity index (χ3v) is 9.69. The van der Waals surface area contributed by atoms with E-state index >= 15 is 0 Å². The SMILES string of the molecule is Cc1cc(-c2ccccc2)c[n+]2c1-c1ccccc1/C(=C1/C[n+]3ccccc3-c3ccccc31)[n+]1ccccc1-c1ccccc1C2. The molecule has 7 aromatic rings. The van der Waals surface area contributed by atoms with Crippen molar-refractivity contribution in [2.75, 3.05) is 0 Å². The van der Waals surface area contributed by atoms with Gasteiger partial charge < -0.3 is 0 Å². The number of benzene rings is 4. The number of hydrogen-bond donors (Lipinski definition) is 0. The van der Waals surface area contributed by atoms with Gasteiger partial charge in [-0.3, -0.25) is 0 Å². The van der Waals surface area contributed by atoms with E-state index in [1.807, 2.05) is 0 Å². The monoisotopic (exact) mass is 604 g/mol. The number of fused-ring (bicyclic) bond motifs is 9. The van der Waals surface area contributed by atoms with E-state index in [1.54, 1.807) is 0 Å².